The second kappa shape index (κ2) is 8.19. The van der Waals surface area contributed by atoms with E-state index < -0.39 is 0 Å². The van der Waals surface area contributed by atoms with Crippen LogP contribution < -0.4 is 0 Å². The Morgan fingerprint density at radius 2 is 1.55 bits per heavy atom. The van der Waals surface area contributed by atoms with Crippen molar-refractivity contribution in [2.75, 3.05) is 13.6 Å². The Balaban J connectivity index is 1.67. The summed E-state index contributed by atoms with van der Waals surface area (Å²) in [7, 11) is 2.16. The third kappa shape index (κ3) is 5.30. The van der Waals surface area contributed by atoms with Crippen LogP contribution in [0.15, 0.2) is 60.7 Å². The van der Waals surface area contributed by atoms with Gasteiger partial charge in [-0.15, -0.1) is 0 Å². The maximum Gasteiger partial charge on any atom is 0.0245 e. The highest BCUT2D eigenvalue weighted by Gasteiger charge is 1.98. The smallest absolute Gasteiger partial charge is 0.0245 e. The molecule has 0 bridgehead atoms. The second-order valence-electron chi connectivity index (χ2n) is 4.99. The highest BCUT2D eigenvalue weighted by Crippen LogP contribution is 2.03. The van der Waals surface area contributed by atoms with E-state index in [4.69, 9.17) is 0 Å². The normalized spacial score (nSPS) is 10.1. The predicted octanol–water partition coefficient (Wildman–Crippen LogP) is 3.95. The second-order valence-corrected chi connectivity index (χ2v) is 4.99. The van der Waals surface area contributed by atoms with Crippen LogP contribution in [0.1, 0.15) is 24.0 Å². The lowest BCUT2D eigenvalue weighted by Gasteiger charge is -2.15. The Morgan fingerprint density at radius 1 is 0.900 bits per heavy atom. The van der Waals surface area contributed by atoms with Crippen LogP contribution in [-0.2, 0) is 6.54 Å². The summed E-state index contributed by atoms with van der Waals surface area (Å²) in [5, 5.41) is 0. The van der Waals surface area contributed by atoms with E-state index in [0.717, 1.165) is 31.5 Å². The van der Waals surface area contributed by atoms with E-state index in [1.165, 1.54) is 5.56 Å². The average Bonchev–Trinajstić information content (AvgIpc) is 2.49. The van der Waals surface area contributed by atoms with Crippen molar-refractivity contribution in [3.8, 4) is 11.8 Å². The van der Waals surface area contributed by atoms with Crippen LogP contribution in [0, 0.1) is 11.8 Å². The van der Waals surface area contributed by atoms with Gasteiger partial charge >= 0.3 is 0 Å². The molecule has 0 unspecified atom stereocenters. The van der Waals surface area contributed by atoms with Crippen LogP contribution in [0.3, 0.4) is 0 Å². The zero-order valence-corrected chi connectivity index (χ0v) is 12.0. The number of unbranched alkanes of at least 4 members (excludes halogenated alkanes) is 1. The molecule has 1 heteroatoms. The molecule has 0 aromatic heterocycles. The van der Waals surface area contributed by atoms with Crippen molar-refractivity contribution >= 4 is 0 Å². The first kappa shape index (κ1) is 14.4. The number of benzene rings is 2. The van der Waals surface area contributed by atoms with Gasteiger partial charge in [0.15, 0.2) is 0 Å². The molecule has 0 aliphatic heterocycles. The van der Waals surface area contributed by atoms with Crippen molar-refractivity contribution in [3.05, 3.63) is 71.8 Å². The van der Waals surface area contributed by atoms with Gasteiger partial charge in [0.1, 0.15) is 0 Å². The van der Waals surface area contributed by atoms with Crippen molar-refractivity contribution in [3.63, 3.8) is 0 Å². The van der Waals surface area contributed by atoms with Crippen LogP contribution in [0.2, 0.25) is 0 Å². The van der Waals surface area contributed by atoms with Crippen molar-refractivity contribution < 1.29 is 0 Å². The maximum atomic E-state index is 3.24. The van der Waals surface area contributed by atoms with Crippen LogP contribution in [0.4, 0.5) is 0 Å². The van der Waals surface area contributed by atoms with Gasteiger partial charge in [-0.3, -0.25) is 0 Å². The third-order valence-electron chi connectivity index (χ3n) is 3.14. The quantitative estimate of drug-likeness (QED) is 0.583. The highest BCUT2D eigenvalue weighted by atomic mass is 15.1. The molecule has 0 amide bonds. The molecule has 0 fully saturated rings. The minimum atomic E-state index is 0.952. The first-order chi connectivity index (χ1) is 9.84. The molecule has 102 valence electrons. The lowest BCUT2D eigenvalue weighted by Crippen LogP contribution is -2.18. The first-order valence-electron chi connectivity index (χ1n) is 7.11. The maximum absolute atomic E-state index is 3.24. The van der Waals surface area contributed by atoms with Gasteiger partial charge in [-0.05, 0) is 37.7 Å². The van der Waals surface area contributed by atoms with Crippen molar-refractivity contribution in [2.24, 2.45) is 0 Å². The SMILES string of the molecule is CN(CCCC#Cc1ccccc1)Cc1ccccc1. The van der Waals surface area contributed by atoms with Gasteiger partial charge in [0.2, 0.25) is 0 Å². The number of hydrogen-bond acceptors (Lipinski definition) is 1. The summed E-state index contributed by atoms with van der Waals surface area (Å²) < 4.78 is 0. The lowest BCUT2D eigenvalue weighted by atomic mass is 10.2. The zero-order valence-electron chi connectivity index (χ0n) is 12.0. The topological polar surface area (TPSA) is 3.24 Å². The monoisotopic (exact) mass is 263 g/mol. The Hall–Kier alpha value is -2.04. The van der Waals surface area contributed by atoms with Gasteiger partial charge in [-0.2, -0.15) is 0 Å². The van der Waals surface area contributed by atoms with Gasteiger partial charge in [-0.1, -0.05) is 60.4 Å². The third-order valence-corrected chi connectivity index (χ3v) is 3.14. The summed E-state index contributed by atoms with van der Waals surface area (Å²) in [6.07, 6.45) is 2.07. The van der Waals surface area contributed by atoms with Gasteiger partial charge < -0.3 is 4.90 Å². The molecule has 0 radical (unpaired) electrons. The fraction of sp³-hybridized carbons (Fsp3) is 0.263. The van der Waals surface area contributed by atoms with Crippen molar-refractivity contribution in [2.45, 2.75) is 19.4 Å². The van der Waals surface area contributed by atoms with E-state index in [1.807, 2.05) is 18.2 Å². The van der Waals surface area contributed by atoms with Gasteiger partial charge in [0, 0.05) is 18.5 Å². The highest BCUT2D eigenvalue weighted by molar-refractivity contribution is 5.33. The van der Waals surface area contributed by atoms with Gasteiger partial charge in [-0.25, -0.2) is 0 Å². The fourth-order valence-corrected chi connectivity index (χ4v) is 2.10. The Kier molecular flexibility index (Phi) is 5.89. The minimum absolute atomic E-state index is 0.952. The number of rotatable bonds is 5. The summed E-state index contributed by atoms with van der Waals surface area (Å²) in [6, 6.07) is 20.8. The molecule has 2 aromatic carbocycles. The molecule has 2 rings (SSSR count). The standard InChI is InChI=1S/C19H21N/c1-20(17-19-14-7-3-8-15-19)16-10-4-9-13-18-11-5-2-6-12-18/h2-3,5-8,11-12,14-15H,4,10,16-17H2,1H3. The summed E-state index contributed by atoms with van der Waals surface area (Å²) in [4.78, 5) is 2.35. The molecule has 20 heavy (non-hydrogen) atoms. The van der Waals surface area contributed by atoms with Crippen molar-refractivity contribution in [1.29, 1.82) is 0 Å². The van der Waals surface area contributed by atoms with E-state index in [1.54, 1.807) is 0 Å². The van der Waals surface area contributed by atoms with Crippen LogP contribution in [0.5, 0.6) is 0 Å². The minimum Gasteiger partial charge on any atom is -0.302 e. The molecule has 0 atom stereocenters. The fourth-order valence-electron chi connectivity index (χ4n) is 2.10. The first-order valence-corrected chi connectivity index (χ1v) is 7.11. The summed E-state index contributed by atoms with van der Waals surface area (Å²) >= 11 is 0. The molecular weight excluding hydrogens is 242 g/mol. The molecular formula is C19H21N. The molecule has 0 aliphatic carbocycles. The summed E-state index contributed by atoms with van der Waals surface area (Å²) in [5.74, 6) is 6.44. The molecule has 0 aliphatic rings. The molecule has 0 saturated carbocycles. The summed E-state index contributed by atoms with van der Waals surface area (Å²) in [5.41, 5.74) is 2.47. The number of hydrogen-bond donors (Lipinski definition) is 0. The molecule has 2 aromatic rings. The van der Waals surface area contributed by atoms with Gasteiger partial charge in [0.05, 0.1) is 0 Å². The van der Waals surface area contributed by atoms with E-state index in [-0.39, 0.29) is 0 Å². The van der Waals surface area contributed by atoms with Crippen LogP contribution in [-0.4, -0.2) is 18.5 Å². The molecule has 1 nitrogen and oxygen atoms in total. The van der Waals surface area contributed by atoms with E-state index in [9.17, 15) is 0 Å². The zero-order chi connectivity index (χ0) is 14.0. The number of nitrogens with zero attached hydrogens (tertiary/aromatic N) is 1. The average molecular weight is 263 g/mol. The Morgan fingerprint density at radius 3 is 2.25 bits per heavy atom. The Bertz CT molecular complexity index is 549. The van der Waals surface area contributed by atoms with Gasteiger partial charge in [0.25, 0.3) is 0 Å². The molecule has 0 spiro atoms. The Labute approximate surface area is 122 Å². The predicted molar refractivity (Wildman–Crippen MR) is 85.3 cm³/mol. The molecule has 0 N–H and O–H groups in total. The summed E-state index contributed by atoms with van der Waals surface area (Å²) in [6.45, 7) is 2.09. The van der Waals surface area contributed by atoms with Crippen LogP contribution >= 0.6 is 0 Å². The van der Waals surface area contributed by atoms with E-state index in [0.29, 0.717) is 0 Å². The van der Waals surface area contributed by atoms with E-state index in [2.05, 4.69) is 66.3 Å². The molecule has 0 saturated heterocycles. The van der Waals surface area contributed by atoms with Crippen molar-refractivity contribution in [1.82, 2.24) is 4.90 Å². The van der Waals surface area contributed by atoms with E-state index >= 15 is 0 Å². The molecule has 0 heterocycles. The van der Waals surface area contributed by atoms with Crippen LogP contribution in [0.25, 0.3) is 0 Å². The lowest BCUT2D eigenvalue weighted by molar-refractivity contribution is 0.324. The largest absolute Gasteiger partial charge is 0.302 e.